The van der Waals surface area contributed by atoms with E-state index in [0.29, 0.717) is 0 Å². The lowest BCUT2D eigenvalue weighted by molar-refractivity contribution is -0.156. The van der Waals surface area contributed by atoms with Crippen LogP contribution in [0.1, 0.15) is 0 Å². The minimum absolute atomic E-state index is 0.0302. The zero-order chi connectivity index (χ0) is 10.0. The first-order valence-electron chi connectivity index (χ1n) is 3.66. The third-order valence-corrected chi connectivity index (χ3v) is 1.95. The van der Waals surface area contributed by atoms with Crippen LogP contribution in [0.4, 0.5) is 0 Å². The number of ether oxygens (including phenoxy) is 1. The summed E-state index contributed by atoms with van der Waals surface area (Å²) < 4.78 is 4.37. The van der Waals surface area contributed by atoms with Crippen molar-refractivity contribution in [1.29, 1.82) is 0 Å². The molecule has 6 heteroatoms. The van der Waals surface area contributed by atoms with Crippen LogP contribution >= 0.6 is 0 Å². The molecule has 0 spiro atoms. The normalized spacial score (nSPS) is 26.7. The van der Waals surface area contributed by atoms with Gasteiger partial charge in [0, 0.05) is 6.54 Å². The standard InChI is InChI=1S/C7H9NO5/c1-13-7(12)3-2-8-5(9)4(3)6(10)11/h3-4H,2H2,1H3,(H,8,9)(H,10,11). The number of esters is 1. The van der Waals surface area contributed by atoms with Crippen molar-refractivity contribution in [3.05, 3.63) is 0 Å². The van der Waals surface area contributed by atoms with E-state index in [1.165, 1.54) is 0 Å². The maximum absolute atomic E-state index is 11.0. The largest absolute Gasteiger partial charge is 0.481 e. The maximum Gasteiger partial charge on any atom is 0.317 e. The predicted molar refractivity (Wildman–Crippen MR) is 39.6 cm³/mol. The van der Waals surface area contributed by atoms with Gasteiger partial charge in [-0.15, -0.1) is 0 Å². The van der Waals surface area contributed by atoms with E-state index in [9.17, 15) is 14.4 Å². The Morgan fingerprint density at radius 3 is 2.69 bits per heavy atom. The fourth-order valence-electron chi connectivity index (χ4n) is 1.28. The highest BCUT2D eigenvalue weighted by Crippen LogP contribution is 2.19. The average Bonchev–Trinajstić information content (AvgIpc) is 2.45. The second-order valence-corrected chi connectivity index (χ2v) is 2.69. The Balaban J connectivity index is 2.81. The molecular weight excluding hydrogens is 178 g/mol. The van der Waals surface area contributed by atoms with Crippen LogP contribution in [0.2, 0.25) is 0 Å². The average molecular weight is 187 g/mol. The van der Waals surface area contributed by atoms with Crippen LogP contribution in [0.15, 0.2) is 0 Å². The quantitative estimate of drug-likeness (QED) is 0.410. The number of carbonyl (C=O) groups excluding carboxylic acids is 2. The molecule has 1 rings (SSSR count). The molecule has 13 heavy (non-hydrogen) atoms. The molecule has 1 amide bonds. The number of carbonyl (C=O) groups is 3. The van der Waals surface area contributed by atoms with Gasteiger partial charge >= 0.3 is 11.9 Å². The molecule has 0 radical (unpaired) electrons. The van der Waals surface area contributed by atoms with Gasteiger partial charge in [-0.05, 0) is 0 Å². The maximum atomic E-state index is 11.0. The molecule has 0 aromatic heterocycles. The number of aliphatic carboxylic acids is 1. The minimum atomic E-state index is -1.31. The van der Waals surface area contributed by atoms with Gasteiger partial charge in [0.25, 0.3) is 0 Å². The molecule has 1 fully saturated rings. The molecular formula is C7H9NO5. The van der Waals surface area contributed by atoms with Crippen molar-refractivity contribution >= 4 is 17.8 Å². The van der Waals surface area contributed by atoms with E-state index in [0.717, 1.165) is 7.11 Å². The van der Waals surface area contributed by atoms with Gasteiger partial charge in [-0.1, -0.05) is 0 Å². The second kappa shape index (κ2) is 3.42. The molecule has 2 unspecified atom stereocenters. The van der Waals surface area contributed by atoms with Crippen molar-refractivity contribution in [3.8, 4) is 0 Å². The van der Waals surface area contributed by atoms with E-state index in [1.54, 1.807) is 0 Å². The Bertz CT molecular complexity index is 262. The van der Waals surface area contributed by atoms with Crippen LogP contribution in [0, 0.1) is 11.8 Å². The van der Waals surface area contributed by atoms with E-state index in [4.69, 9.17) is 5.11 Å². The SMILES string of the molecule is COC(=O)C1CNC(=O)C1C(=O)O. The summed E-state index contributed by atoms with van der Waals surface area (Å²) in [4.78, 5) is 32.5. The summed E-state index contributed by atoms with van der Waals surface area (Å²) in [5, 5.41) is 10.9. The van der Waals surface area contributed by atoms with Gasteiger partial charge in [-0.2, -0.15) is 0 Å². The van der Waals surface area contributed by atoms with Crippen molar-refractivity contribution < 1.29 is 24.2 Å². The van der Waals surface area contributed by atoms with E-state index in [-0.39, 0.29) is 6.54 Å². The monoisotopic (exact) mass is 187 g/mol. The van der Waals surface area contributed by atoms with Crippen molar-refractivity contribution in [1.82, 2.24) is 5.32 Å². The Morgan fingerprint density at radius 2 is 2.23 bits per heavy atom. The summed E-state index contributed by atoms with van der Waals surface area (Å²) in [7, 11) is 1.16. The molecule has 0 saturated carbocycles. The number of nitrogens with one attached hydrogen (secondary N) is 1. The molecule has 0 aliphatic carbocycles. The lowest BCUT2D eigenvalue weighted by atomic mass is 9.96. The summed E-state index contributed by atoms with van der Waals surface area (Å²) in [6, 6.07) is 0. The highest BCUT2D eigenvalue weighted by Gasteiger charge is 2.45. The number of carboxylic acids is 1. The number of hydrogen-bond acceptors (Lipinski definition) is 4. The molecule has 1 aliphatic heterocycles. The van der Waals surface area contributed by atoms with Crippen LogP contribution < -0.4 is 5.32 Å². The van der Waals surface area contributed by atoms with Gasteiger partial charge < -0.3 is 15.2 Å². The highest BCUT2D eigenvalue weighted by molar-refractivity contribution is 6.03. The summed E-state index contributed by atoms with van der Waals surface area (Å²) in [6.45, 7) is 0.0302. The summed E-state index contributed by atoms with van der Waals surface area (Å²) in [5.41, 5.74) is 0. The molecule has 0 bridgehead atoms. The molecule has 2 N–H and O–H groups in total. The van der Waals surface area contributed by atoms with Gasteiger partial charge in [-0.3, -0.25) is 14.4 Å². The predicted octanol–water partition coefficient (Wildman–Crippen LogP) is -1.39. The molecule has 0 aromatic rings. The topological polar surface area (TPSA) is 92.7 Å². The van der Waals surface area contributed by atoms with Crippen LogP contribution in [0.3, 0.4) is 0 Å². The van der Waals surface area contributed by atoms with E-state index < -0.39 is 29.7 Å². The van der Waals surface area contributed by atoms with Crippen molar-refractivity contribution in [3.63, 3.8) is 0 Å². The lowest BCUT2D eigenvalue weighted by Crippen LogP contribution is -2.31. The van der Waals surface area contributed by atoms with Crippen LogP contribution in [0.25, 0.3) is 0 Å². The van der Waals surface area contributed by atoms with Crippen molar-refractivity contribution in [2.75, 3.05) is 13.7 Å². The van der Waals surface area contributed by atoms with Gasteiger partial charge in [0.2, 0.25) is 5.91 Å². The molecule has 0 aromatic carbocycles. The third kappa shape index (κ3) is 1.61. The zero-order valence-corrected chi connectivity index (χ0v) is 6.94. The fourth-order valence-corrected chi connectivity index (χ4v) is 1.28. The van der Waals surface area contributed by atoms with Gasteiger partial charge in [0.15, 0.2) is 5.92 Å². The van der Waals surface area contributed by atoms with Crippen LogP contribution in [-0.4, -0.2) is 36.6 Å². The van der Waals surface area contributed by atoms with Gasteiger partial charge in [-0.25, -0.2) is 0 Å². The molecule has 1 aliphatic rings. The number of methoxy groups -OCH3 is 1. The second-order valence-electron chi connectivity index (χ2n) is 2.69. The molecule has 1 saturated heterocycles. The van der Waals surface area contributed by atoms with Crippen molar-refractivity contribution in [2.24, 2.45) is 11.8 Å². The number of carboxylic acid groups (broad SMARTS) is 1. The Hall–Kier alpha value is -1.59. The highest BCUT2D eigenvalue weighted by atomic mass is 16.5. The number of hydrogen-bond donors (Lipinski definition) is 2. The summed E-state index contributed by atoms with van der Waals surface area (Å²) in [6.07, 6.45) is 0. The minimum Gasteiger partial charge on any atom is -0.481 e. The van der Waals surface area contributed by atoms with E-state index >= 15 is 0 Å². The van der Waals surface area contributed by atoms with E-state index in [2.05, 4.69) is 10.1 Å². The summed E-state index contributed by atoms with van der Waals surface area (Å²) >= 11 is 0. The Kier molecular flexibility index (Phi) is 2.50. The van der Waals surface area contributed by atoms with Crippen LogP contribution in [-0.2, 0) is 19.1 Å². The Labute approximate surface area is 73.9 Å². The molecule has 72 valence electrons. The molecule has 6 nitrogen and oxygen atoms in total. The van der Waals surface area contributed by atoms with Gasteiger partial charge in [0.05, 0.1) is 13.0 Å². The first kappa shape index (κ1) is 9.50. The lowest BCUT2D eigenvalue weighted by Gasteiger charge is -2.09. The third-order valence-electron chi connectivity index (χ3n) is 1.95. The number of amides is 1. The summed E-state index contributed by atoms with van der Waals surface area (Å²) in [5.74, 6) is -4.83. The first-order valence-corrected chi connectivity index (χ1v) is 3.66. The molecule has 1 heterocycles. The number of rotatable bonds is 2. The Morgan fingerprint density at radius 1 is 1.62 bits per heavy atom. The van der Waals surface area contributed by atoms with Crippen molar-refractivity contribution in [2.45, 2.75) is 0 Å². The smallest absolute Gasteiger partial charge is 0.317 e. The van der Waals surface area contributed by atoms with Gasteiger partial charge in [0.1, 0.15) is 0 Å². The zero-order valence-electron chi connectivity index (χ0n) is 6.94. The fraction of sp³-hybridized carbons (Fsp3) is 0.571. The first-order chi connectivity index (χ1) is 6.07. The van der Waals surface area contributed by atoms with E-state index in [1.807, 2.05) is 0 Å². The molecule has 2 atom stereocenters. The van der Waals surface area contributed by atoms with Crippen LogP contribution in [0.5, 0.6) is 0 Å².